The van der Waals surface area contributed by atoms with Crippen molar-refractivity contribution in [3.05, 3.63) is 56.5 Å². The number of halogens is 4. The van der Waals surface area contributed by atoms with Crippen LogP contribution in [0.4, 0.5) is 23.3 Å². The molecule has 0 aliphatic heterocycles. The van der Waals surface area contributed by atoms with Gasteiger partial charge in [0, 0.05) is 24.5 Å². The minimum absolute atomic E-state index is 0.311. The van der Waals surface area contributed by atoms with Crippen molar-refractivity contribution in [3.63, 3.8) is 0 Å². The normalized spacial score (nSPS) is 10.7. The van der Waals surface area contributed by atoms with Crippen molar-refractivity contribution in [2.45, 2.75) is 19.0 Å². The molecule has 0 radical (unpaired) electrons. The first kappa shape index (κ1) is 25.1. The van der Waals surface area contributed by atoms with Crippen LogP contribution in [0.3, 0.4) is 0 Å². The molecule has 168 valence electrons. The Hall–Kier alpha value is -1.55. The summed E-state index contributed by atoms with van der Waals surface area (Å²) in [5.74, 6) is 0.622. The first-order chi connectivity index (χ1) is 15.3. The summed E-state index contributed by atoms with van der Waals surface area (Å²) in [5.41, 5.74) is 1.35. The molecule has 2 N–H and O–H groups in total. The van der Waals surface area contributed by atoms with Crippen molar-refractivity contribution < 1.29 is 0 Å². The van der Waals surface area contributed by atoms with Crippen LogP contribution in [0, 0.1) is 0 Å². The monoisotopic (exact) mass is 546 g/mol. The summed E-state index contributed by atoms with van der Waals surface area (Å²) >= 11 is 31.1. The summed E-state index contributed by atoms with van der Waals surface area (Å²) in [6.07, 6.45) is 0. The lowest BCUT2D eigenvalue weighted by molar-refractivity contribution is 0.482. The Balaban J connectivity index is 1.93. The van der Waals surface area contributed by atoms with Crippen molar-refractivity contribution in [3.8, 4) is 0 Å². The molecule has 0 amide bonds. The summed E-state index contributed by atoms with van der Waals surface area (Å²) in [6, 6.07) is 10.3. The molecule has 1 aromatic heterocycles. The Morgan fingerprint density at radius 3 is 1.69 bits per heavy atom. The molecule has 0 spiro atoms. The van der Waals surface area contributed by atoms with Crippen LogP contribution in [0.5, 0.6) is 0 Å². The summed E-state index contributed by atoms with van der Waals surface area (Å²) in [4.78, 5) is 15.5. The second-order valence-electron chi connectivity index (χ2n) is 6.31. The second kappa shape index (κ2) is 11.5. The van der Waals surface area contributed by atoms with Gasteiger partial charge in [-0.15, -0.1) is 0 Å². The lowest BCUT2D eigenvalue weighted by atomic mass is 10.3. The van der Waals surface area contributed by atoms with Gasteiger partial charge < -0.3 is 15.5 Å². The van der Waals surface area contributed by atoms with E-state index in [2.05, 4.69) is 25.6 Å². The van der Waals surface area contributed by atoms with Crippen molar-refractivity contribution in [2.75, 3.05) is 23.7 Å². The van der Waals surface area contributed by atoms with Gasteiger partial charge >= 0.3 is 0 Å². The van der Waals surface area contributed by atoms with E-state index in [0.29, 0.717) is 52.8 Å². The van der Waals surface area contributed by atoms with Gasteiger partial charge in [0.2, 0.25) is 17.1 Å². The van der Waals surface area contributed by atoms with E-state index in [0.717, 1.165) is 13.1 Å². The van der Waals surface area contributed by atoms with Crippen LogP contribution in [0.25, 0.3) is 0 Å². The van der Waals surface area contributed by atoms with Gasteiger partial charge in [-0.2, -0.15) is 15.0 Å². The third kappa shape index (κ3) is 6.73. The zero-order valence-electron chi connectivity index (χ0n) is 17.0. The van der Waals surface area contributed by atoms with Crippen LogP contribution in [0.1, 0.15) is 13.8 Å². The summed E-state index contributed by atoms with van der Waals surface area (Å²) in [7, 11) is 0. The maximum absolute atomic E-state index is 6.13. The van der Waals surface area contributed by atoms with E-state index in [1.54, 1.807) is 36.4 Å². The highest BCUT2D eigenvalue weighted by Gasteiger charge is 2.14. The van der Waals surface area contributed by atoms with Gasteiger partial charge in [-0.1, -0.05) is 58.6 Å². The maximum Gasteiger partial charge on any atom is 0.233 e. The fraction of sp³-hybridized carbons (Fsp3) is 0.200. The van der Waals surface area contributed by atoms with E-state index < -0.39 is 0 Å². The summed E-state index contributed by atoms with van der Waals surface area (Å²) < 4.78 is 0.669. The molecule has 0 saturated heterocycles. The summed E-state index contributed by atoms with van der Waals surface area (Å²) in [6.45, 7) is 5.66. The average Bonchev–Trinajstić information content (AvgIpc) is 2.74. The third-order valence-corrected chi connectivity index (χ3v) is 6.95. The van der Waals surface area contributed by atoms with Crippen molar-refractivity contribution in [1.82, 2.24) is 19.9 Å². The molecule has 0 atom stereocenters. The number of hydrogen-bond acceptors (Lipinski definition) is 7. The first-order valence-electron chi connectivity index (χ1n) is 9.46. The number of thiocarbonyl (C=S) groups is 1. The van der Waals surface area contributed by atoms with Crippen LogP contribution < -0.4 is 10.6 Å². The fourth-order valence-electron chi connectivity index (χ4n) is 2.54. The van der Waals surface area contributed by atoms with Crippen LogP contribution in [0.2, 0.25) is 20.1 Å². The minimum Gasteiger partial charge on any atom is -0.358 e. The highest BCUT2D eigenvalue weighted by molar-refractivity contribution is 8.22. The number of rotatable bonds is 7. The Bertz CT molecular complexity index is 1060. The van der Waals surface area contributed by atoms with Crippen LogP contribution in [0.15, 0.2) is 41.6 Å². The molecule has 0 aliphatic carbocycles. The molecule has 0 bridgehead atoms. The molecule has 2 aromatic carbocycles. The topological polar surface area (TPSA) is 66.0 Å². The number of anilines is 4. The zero-order chi connectivity index (χ0) is 23.3. The molecule has 6 nitrogen and oxygen atoms in total. The molecule has 12 heteroatoms. The van der Waals surface area contributed by atoms with E-state index in [-0.39, 0.29) is 0 Å². The smallest absolute Gasteiger partial charge is 0.233 e. The van der Waals surface area contributed by atoms with Gasteiger partial charge in [-0.3, -0.25) is 0 Å². The van der Waals surface area contributed by atoms with E-state index in [9.17, 15) is 0 Å². The summed E-state index contributed by atoms with van der Waals surface area (Å²) in [5, 5.41) is 8.42. The number of nitrogens with one attached hydrogen (secondary N) is 2. The molecule has 3 aromatic rings. The number of aromatic nitrogens is 3. The lowest BCUT2D eigenvalue weighted by Gasteiger charge is -2.20. The largest absolute Gasteiger partial charge is 0.358 e. The van der Waals surface area contributed by atoms with Gasteiger partial charge in [-0.05, 0) is 62.0 Å². The second-order valence-corrected chi connectivity index (χ2v) is 9.54. The Kier molecular flexibility index (Phi) is 9.04. The van der Waals surface area contributed by atoms with Crippen LogP contribution in [-0.4, -0.2) is 37.3 Å². The molecule has 0 aliphatic rings. The highest BCUT2D eigenvalue weighted by atomic mass is 35.5. The molecule has 0 saturated carbocycles. The molecular formula is C20H18Cl4N6S2. The van der Waals surface area contributed by atoms with E-state index in [1.165, 1.54) is 11.8 Å². The van der Waals surface area contributed by atoms with Crippen molar-refractivity contribution >= 4 is 98.0 Å². The number of hydrogen-bond donors (Lipinski definition) is 2. The van der Waals surface area contributed by atoms with Gasteiger partial charge in [-0.25, -0.2) is 0 Å². The quantitative estimate of drug-likeness (QED) is 0.230. The molecular weight excluding hydrogens is 530 g/mol. The third-order valence-electron chi connectivity index (χ3n) is 4.17. The fourth-order valence-corrected chi connectivity index (χ4v) is 4.43. The van der Waals surface area contributed by atoms with E-state index in [4.69, 9.17) is 58.6 Å². The number of thioether (sulfide) groups is 1. The predicted octanol–water partition coefficient (Wildman–Crippen LogP) is 7.69. The minimum atomic E-state index is 0.311. The van der Waals surface area contributed by atoms with Crippen molar-refractivity contribution in [1.29, 1.82) is 0 Å². The van der Waals surface area contributed by atoms with Crippen molar-refractivity contribution in [2.24, 2.45) is 0 Å². The Labute approximate surface area is 216 Å². The Morgan fingerprint density at radius 2 is 1.28 bits per heavy atom. The predicted molar refractivity (Wildman–Crippen MR) is 141 cm³/mol. The van der Waals surface area contributed by atoms with Crippen LogP contribution >= 0.6 is 70.4 Å². The van der Waals surface area contributed by atoms with Crippen LogP contribution in [-0.2, 0) is 0 Å². The number of benzene rings is 2. The Morgan fingerprint density at radius 1 is 0.812 bits per heavy atom. The zero-order valence-corrected chi connectivity index (χ0v) is 21.7. The highest BCUT2D eigenvalue weighted by Crippen LogP contribution is 2.29. The van der Waals surface area contributed by atoms with Gasteiger partial charge in [0.1, 0.15) is 4.32 Å². The van der Waals surface area contributed by atoms with Gasteiger partial charge in [0.05, 0.1) is 20.1 Å². The first-order valence-corrected chi connectivity index (χ1v) is 12.2. The molecule has 0 unspecified atom stereocenters. The van der Waals surface area contributed by atoms with E-state index in [1.807, 2.05) is 18.7 Å². The van der Waals surface area contributed by atoms with Gasteiger partial charge in [0.25, 0.3) is 0 Å². The van der Waals surface area contributed by atoms with E-state index >= 15 is 0 Å². The average molecular weight is 548 g/mol. The number of nitrogens with zero attached hydrogens (tertiary/aromatic N) is 4. The molecule has 3 rings (SSSR count). The lowest BCUT2D eigenvalue weighted by Crippen LogP contribution is -2.26. The molecule has 0 fully saturated rings. The molecule has 1 heterocycles. The maximum atomic E-state index is 6.13. The molecule has 32 heavy (non-hydrogen) atoms. The SMILES string of the molecule is CCN(CC)C(=S)Sc1nc(Nc2ccc(Cl)c(Cl)c2)nc(Nc2ccc(Cl)c(Cl)c2)n1. The standard InChI is InChI=1S/C20H18Cl4N6S2/c1-3-30(4-2)20(31)32-19-28-17(25-11-5-7-13(21)15(23)9-11)27-18(29-19)26-12-6-8-14(22)16(24)10-12/h5-10H,3-4H2,1-2H3,(H2,25,26,27,28,29). The van der Waals surface area contributed by atoms with Gasteiger partial charge in [0.15, 0.2) is 0 Å².